The van der Waals surface area contributed by atoms with E-state index in [1.165, 1.54) is 0 Å². The molecule has 0 fully saturated rings. The molecule has 2 rings (SSSR count). The number of nitrogens with one attached hydrogen (secondary N) is 1. The quantitative estimate of drug-likeness (QED) is 0.653. The zero-order valence-electron chi connectivity index (χ0n) is 11.9. The standard InChI is InChI=1S/C17H16N2O2S/c20-17(21-12-14-7-3-1-4-8-14)19-16(11-18-13-22)15-9-5-2-6-10-15/h1-10,16H,11-12H2,(H,19,20)/t16-/m1/s1. The van der Waals surface area contributed by atoms with Gasteiger partial charge in [-0.25, -0.2) is 9.79 Å². The summed E-state index contributed by atoms with van der Waals surface area (Å²) in [6.45, 7) is 0.554. The topological polar surface area (TPSA) is 50.7 Å². The summed E-state index contributed by atoms with van der Waals surface area (Å²) < 4.78 is 5.22. The van der Waals surface area contributed by atoms with E-state index < -0.39 is 6.09 Å². The van der Waals surface area contributed by atoms with Crippen molar-refractivity contribution in [1.82, 2.24) is 5.32 Å². The van der Waals surface area contributed by atoms with Gasteiger partial charge in [0.15, 0.2) is 0 Å². The average Bonchev–Trinajstić information content (AvgIpc) is 2.58. The van der Waals surface area contributed by atoms with Gasteiger partial charge in [-0.1, -0.05) is 60.7 Å². The van der Waals surface area contributed by atoms with E-state index in [0.717, 1.165) is 11.1 Å². The molecule has 4 nitrogen and oxygen atoms in total. The molecular weight excluding hydrogens is 296 g/mol. The second-order valence-corrected chi connectivity index (χ2v) is 4.78. The van der Waals surface area contributed by atoms with E-state index in [4.69, 9.17) is 4.74 Å². The average molecular weight is 312 g/mol. The van der Waals surface area contributed by atoms with Crippen LogP contribution in [0.1, 0.15) is 17.2 Å². The third-order valence-corrected chi connectivity index (χ3v) is 3.17. The Hall–Kier alpha value is -2.49. The summed E-state index contributed by atoms with van der Waals surface area (Å²) in [6, 6.07) is 18.8. The Morgan fingerprint density at radius 2 is 1.77 bits per heavy atom. The molecule has 0 saturated heterocycles. The van der Waals surface area contributed by atoms with Crippen LogP contribution in [0.2, 0.25) is 0 Å². The van der Waals surface area contributed by atoms with Crippen LogP contribution in [0.5, 0.6) is 0 Å². The Morgan fingerprint density at radius 3 is 2.41 bits per heavy atom. The normalized spacial score (nSPS) is 11.1. The van der Waals surface area contributed by atoms with Crippen molar-refractivity contribution in [2.24, 2.45) is 4.99 Å². The molecular formula is C17H16N2O2S. The van der Waals surface area contributed by atoms with Crippen LogP contribution >= 0.6 is 12.2 Å². The number of ether oxygens (including phenoxy) is 1. The molecule has 22 heavy (non-hydrogen) atoms. The number of amides is 1. The van der Waals surface area contributed by atoms with Crippen molar-refractivity contribution in [1.29, 1.82) is 0 Å². The number of alkyl carbamates (subject to hydrolysis) is 1. The van der Waals surface area contributed by atoms with Crippen molar-refractivity contribution in [2.45, 2.75) is 12.6 Å². The second-order valence-electron chi connectivity index (χ2n) is 4.60. The van der Waals surface area contributed by atoms with Crippen LogP contribution in [0, 0.1) is 0 Å². The molecule has 1 atom stereocenters. The minimum Gasteiger partial charge on any atom is -0.445 e. The van der Waals surface area contributed by atoms with Gasteiger partial charge in [-0.3, -0.25) is 0 Å². The molecule has 0 aliphatic carbocycles. The number of carbonyl (C=O) groups excluding carboxylic acids is 1. The maximum Gasteiger partial charge on any atom is 0.408 e. The van der Waals surface area contributed by atoms with Gasteiger partial charge in [-0.05, 0) is 23.3 Å². The summed E-state index contributed by atoms with van der Waals surface area (Å²) in [4.78, 5) is 15.9. The Balaban J connectivity index is 1.94. The van der Waals surface area contributed by atoms with Gasteiger partial charge in [0.25, 0.3) is 0 Å². The number of isothiocyanates is 1. The lowest BCUT2D eigenvalue weighted by Crippen LogP contribution is -2.30. The monoisotopic (exact) mass is 312 g/mol. The molecule has 1 N–H and O–H groups in total. The molecule has 1 amide bonds. The largest absolute Gasteiger partial charge is 0.445 e. The molecule has 112 valence electrons. The lowest BCUT2D eigenvalue weighted by atomic mass is 10.1. The fourth-order valence-electron chi connectivity index (χ4n) is 1.96. The highest BCUT2D eigenvalue weighted by Crippen LogP contribution is 2.13. The van der Waals surface area contributed by atoms with Crippen LogP contribution in [0.25, 0.3) is 0 Å². The second kappa shape index (κ2) is 8.72. The van der Waals surface area contributed by atoms with Crippen LogP contribution in [-0.4, -0.2) is 17.8 Å². The van der Waals surface area contributed by atoms with Gasteiger partial charge in [-0.15, -0.1) is 0 Å². The van der Waals surface area contributed by atoms with Crippen LogP contribution < -0.4 is 5.32 Å². The third kappa shape index (κ3) is 5.13. The zero-order chi connectivity index (χ0) is 15.6. The van der Waals surface area contributed by atoms with Crippen molar-refractivity contribution < 1.29 is 9.53 Å². The highest BCUT2D eigenvalue weighted by molar-refractivity contribution is 7.78. The molecule has 0 unspecified atom stereocenters. The van der Waals surface area contributed by atoms with E-state index in [0.29, 0.717) is 6.54 Å². The molecule has 2 aromatic rings. The molecule has 0 spiro atoms. The Morgan fingerprint density at radius 1 is 1.14 bits per heavy atom. The Labute approximate surface area is 134 Å². The van der Waals surface area contributed by atoms with E-state index in [-0.39, 0.29) is 12.6 Å². The SMILES string of the molecule is O=C(N[C@H](CN=C=S)c1ccccc1)OCc1ccccc1. The lowest BCUT2D eigenvalue weighted by Gasteiger charge is -2.16. The van der Waals surface area contributed by atoms with Crippen molar-refractivity contribution in [3.05, 3.63) is 71.8 Å². The van der Waals surface area contributed by atoms with Gasteiger partial charge >= 0.3 is 6.09 Å². The van der Waals surface area contributed by atoms with Gasteiger partial charge in [0.1, 0.15) is 6.61 Å². The molecule has 0 bridgehead atoms. The predicted molar refractivity (Wildman–Crippen MR) is 88.8 cm³/mol. The van der Waals surface area contributed by atoms with Crippen molar-refractivity contribution in [3.8, 4) is 0 Å². The molecule has 0 saturated carbocycles. The van der Waals surface area contributed by atoms with Gasteiger partial charge in [-0.2, -0.15) is 0 Å². The number of benzene rings is 2. The van der Waals surface area contributed by atoms with E-state index in [1.54, 1.807) is 0 Å². The number of nitrogens with zero attached hydrogens (tertiary/aromatic N) is 1. The number of rotatable bonds is 6. The number of thiocarbonyl (C=S) groups is 1. The van der Waals surface area contributed by atoms with Crippen LogP contribution in [0.3, 0.4) is 0 Å². The van der Waals surface area contributed by atoms with Gasteiger partial charge in [0, 0.05) is 0 Å². The first kappa shape index (κ1) is 15.9. The minimum atomic E-state index is -0.489. The molecule has 5 heteroatoms. The number of hydrogen-bond donors (Lipinski definition) is 1. The molecule has 0 heterocycles. The van der Waals surface area contributed by atoms with E-state index in [9.17, 15) is 4.79 Å². The number of carbonyl (C=O) groups is 1. The van der Waals surface area contributed by atoms with E-state index in [1.807, 2.05) is 60.7 Å². The fraction of sp³-hybridized carbons (Fsp3) is 0.176. The van der Waals surface area contributed by atoms with Crippen molar-refractivity contribution in [2.75, 3.05) is 6.54 Å². The third-order valence-electron chi connectivity index (χ3n) is 3.05. The molecule has 0 aliphatic heterocycles. The highest BCUT2D eigenvalue weighted by Gasteiger charge is 2.14. The zero-order valence-corrected chi connectivity index (χ0v) is 12.8. The summed E-state index contributed by atoms with van der Waals surface area (Å²) >= 11 is 4.59. The lowest BCUT2D eigenvalue weighted by molar-refractivity contribution is 0.136. The molecule has 0 aliphatic rings. The Kier molecular flexibility index (Phi) is 6.30. The van der Waals surface area contributed by atoms with Crippen molar-refractivity contribution in [3.63, 3.8) is 0 Å². The summed E-state index contributed by atoms with van der Waals surface area (Å²) in [6.07, 6.45) is -0.489. The van der Waals surface area contributed by atoms with Gasteiger partial charge in [0.05, 0.1) is 17.7 Å². The first-order valence-corrected chi connectivity index (χ1v) is 7.26. The van der Waals surface area contributed by atoms with Gasteiger partial charge < -0.3 is 10.1 Å². The van der Waals surface area contributed by atoms with Gasteiger partial charge in [0.2, 0.25) is 0 Å². The van der Waals surface area contributed by atoms with E-state index in [2.05, 4.69) is 27.7 Å². The van der Waals surface area contributed by atoms with Crippen LogP contribution in [0.4, 0.5) is 4.79 Å². The predicted octanol–water partition coefficient (Wildman–Crippen LogP) is 3.76. The number of hydrogen-bond acceptors (Lipinski definition) is 4. The van der Waals surface area contributed by atoms with Crippen LogP contribution in [-0.2, 0) is 11.3 Å². The Bertz CT molecular complexity index is 640. The summed E-state index contributed by atoms with van der Waals surface area (Å²) in [7, 11) is 0. The first-order chi connectivity index (χ1) is 10.8. The molecule has 0 radical (unpaired) electrons. The first-order valence-electron chi connectivity index (χ1n) is 6.85. The maximum atomic E-state index is 11.9. The van der Waals surface area contributed by atoms with Crippen molar-refractivity contribution >= 4 is 23.5 Å². The summed E-state index contributed by atoms with van der Waals surface area (Å²) in [5.74, 6) is 0. The van der Waals surface area contributed by atoms with Crippen LogP contribution in [0.15, 0.2) is 65.7 Å². The smallest absolute Gasteiger partial charge is 0.408 e. The summed E-state index contributed by atoms with van der Waals surface area (Å²) in [5.41, 5.74) is 1.87. The number of aliphatic imine (C=N–C) groups is 1. The summed E-state index contributed by atoms with van der Waals surface area (Å²) in [5, 5.41) is 5.11. The molecule has 2 aromatic carbocycles. The minimum absolute atomic E-state index is 0.227. The maximum absolute atomic E-state index is 11.9. The molecule has 0 aromatic heterocycles. The highest BCUT2D eigenvalue weighted by atomic mass is 32.1. The fourth-order valence-corrected chi connectivity index (χ4v) is 2.03. The van der Waals surface area contributed by atoms with E-state index >= 15 is 0 Å².